The third kappa shape index (κ3) is 3.90. The molecule has 2 N–H and O–H groups in total. The number of aromatic nitrogens is 2. The van der Waals surface area contributed by atoms with Crippen molar-refractivity contribution in [1.82, 2.24) is 15.1 Å². The fourth-order valence-electron chi connectivity index (χ4n) is 3.03. The molecule has 1 aromatic heterocycles. The molecule has 25 heavy (non-hydrogen) atoms. The van der Waals surface area contributed by atoms with Gasteiger partial charge in [-0.3, -0.25) is 4.79 Å². The number of carbonyl (C=O) groups excluding carboxylic acids is 1. The minimum atomic E-state index is -0.0303. The van der Waals surface area contributed by atoms with Gasteiger partial charge in [-0.1, -0.05) is 26.0 Å². The summed E-state index contributed by atoms with van der Waals surface area (Å²) in [4.78, 5) is 14.4. The Morgan fingerprint density at radius 1 is 1.32 bits per heavy atom. The van der Waals surface area contributed by atoms with Crippen molar-refractivity contribution < 1.29 is 9.53 Å². The topological polar surface area (TPSA) is 81.3 Å². The molecule has 0 atom stereocenters. The van der Waals surface area contributed by atoms with Crippen molar-refractivity contribution >= 4 is 11.7 Å². The van der Waals surface area contributed by atoms with Crippen LogP contribution in [-0.2, 0) is 17.8 Å². The molecule has 1 aliphatic rings. The molecule has 2 aromatic rings. The van der Waals surface area contributed by atoms with Crippen LogP contribution in [0.1, 0.15) is 42.1 Å². The maximum Gasteiger partial charge on any atom is 0.260 e. The van der Waals surface area contributed by atoms with Gasteiger partial charge in [-0.2, -0.15) is 5.10 Å². The summed E-state index contributed by atoms with van der Waals surface area (Å²) in [6.45, 7) is 7.41. The highest BCUT2D eigenvalue weighted by Crippen LogP contribution is 2.27. The molecule has 132 valence electrons. The van der Waals surface area contributed by atoms with Gasteiger partial charge in [0.2, 0.25) is 0 Å². The lowest BCUT2D eigenvalue weighted by molar-refractivity contribution is -0.134. The molecule has 0 fully saturated rings. The van der Waals surface area contributed by atoms with Crippen molar-refractivity contribution in [2.45, 2.75) is 39.7 Å². The number of amides is 1. The number of anilines is 1. The molecule has 0 bridgehead atoms. The molecule has 6 nitrogen and oxygen atoms in total. The smallest absolute Gasteiger partial charge is 0.260 e. The number of nitrogens with zero attached hydrogens (tertiary/aromatic N) is 3. The van der Waals surface area contributed by atoms with Gasteiger partial charge in [-0.05, 0) is 41.7 Å². The molecule has 6 heteroatoms. The SMILES string of the molecule is Cc1ccc(C(C)C)c(OCC(=O)N2CCc3nnc(N)cc3C2)c1. The minimum Gasteiger partial charge on any atom is -0.483 e. The summed E-state index contributed by atoms with van der Waals surface area (Å²) in [5, 5.41) is 7.98. The van der Waals surface area contributed by atoms with Crippen LogP contribution in [0.3, 0.4) is 0 Å². The van der Waals surface area contributed by atoms with Gasteiger partial charge in [-0.15, -0.1) is 5.10 Å². The van der Waals surface area contributed by atoms with E-state index >= 15 is 0 Å². The maximum atomic E-state index is 12.6. The van der Waals surface area contributed by atoms with E-state index in [0.29, 0.717) is 31.2 Å². The zero-order chi connectivity index (χ0) is 18.0. The van der Waals surface area contributed by atoms with E-state index in [1.54, 1.807) is 11.0 Å². The Morgan fingerprint density at radius 3 is 2.88 bits per heavy atom. The summed E-state index contributed by atoms with van der Waals surface area (Å²) < 4.78 is 5.86. The summed E-state index contributed by atoms with van der Waals surface area (Å²) in [6, 6.07) is 7.92. The number of rotatable bonds is 4. The summed E-state index contributed by atoms with van der Waals surface area (Å²) in [6.07, 6.45) is 0.691. The first-order valence-electron chi connectivity index (χ1n) is 8.56. The van der Waals surface area contributed by atoms with Crippen LogP contribution in [0, 0.1) is 6.92 Å². The lowest BCUT2D eigenvalue weighted by Crippen LogP contribution is -2.39. The van der Waals surface area contributed by atoms with Gasteiger partial charge in [0.1, 0.15) is 11.6 Å². The van der Waals surface area contributed by atoms with E-state index in [0.717, 1.165) is 28.1 Å². The number of aryl methyl sites for hydroxylation is 1. The monoisotopic (exact) mass is 340 g/mol. The van der Waals surface area contributed by atoms with Gasteiger partial charge < -0.3 is 15.4 Å². The number of carbonyl (C=O) groups is 1. The standard InChI is InChI=1S/C19H24N4O2/c1-12(2)15-5-4-13(3)8-17(15)25-11-19(24)23-7-6-16-14(10-23)9-18(20)22-21-16/h4-5,8-9,12H,6-7,10-11H2,1-3H3,(H2,20,22). The van der Waals surface area contributed by atoms with Crippen molar-refractivity contribution in [3.63, 3.8) is 0 Å². The van der Waals surface area contributed by atoms with Gasteiger partial charge >= 0.3 is 0 Å². The number of hydrogen-bond acceptors (Lipinski definition) is 5. The van der Waals surface area contributed by atoms with Gasteiger partial charge in [0.15, 0.2) is 6.61 Å². The molecule has 1 aliphatic heterocycles. The van der Waals surface area contributed by atoms with Crippen molar-refractivity contribution in [2.75, 3.05) is 18.9 Å². The van der Waals surface area contributed by atoms with E-state index in [4.69, 9.17) is 10.5 Å². The van der Waals surface area contributed by atoms with Gasteiger partial charge in [-0.25, -0.2) is 0 Å². The Morgan fingerprint density at radius 2 is 2.12 bits per heavy atom. The first-order valence-corrected chi connectivity index (χ1v) is 8.56. The van der Waals surface area contributed by atoms with E-state index in [1.807, 2.05) is 13.0 Å². The third-order valence-electron chi connectivity index (χ3n) is 4.45. The number of fused-ring (bicyclic) bond motifs is 1. The largest absolute Gasteiger partial charge is 0.483 e. The van der Waals surface area contributed by atoms with E-state index in [1.165, 1.54) is 0 Å². The third-order valence-corrected chi connectivity index (χ3v) is 4.45. The zero-order valence-corrected chi connectivity index (χ0v) is 15.0. The first kappa shape index (κ1) is 17.2. The second-order valence-corrected chi connectivity index (χ2v) is 6.79. The average molecular weight is 340 g/mol. The van der Waals surface area contributed by atoms with Crippen LogP contribution in [0.2, 0.25) is 0 Å². The molecule has 0 spiro atoms. The number of nitrogen functional groups attached to an aromatic ring is 1. The molecule has 0 saturated carbocycles. The Labute approximate surface area is 148 Å². The number of nitrogens with two attached hydrogens (primary N) is 1. The van der Waals surface area contributed by atoms with Gasteiger partial charge in [0.25, 0.3) is 5.91 Å². The van der Waals surface area contributed by atoms with Crippen molar-refractivity contribution in [3.8, 4) is 5.75 Å². The minimum absolute atomic E-state index is 0.0303. The van der Waals surface area contributed by atoms with Crippen LogP contribution in [0.5, 0.6) is 5.75 Å². The molecule has 3 rings (SSSR count). The Hall–Kier alpha value is -2.63. The normalized spacial score (nSPS) is 13.7. The predicted octanol–water partition coefficient (Wildman–Crippen LogP) is 2.45. The maximum absolute atomic E-state index is 12.6. The van der Waals surface area contributed by atoms with Crippen LogP contribution < -0.4 is 10.5 Å². The van der Waals surface area contributed by atoms with Crippen LogP contribution in [0.4, 0.5) is 5.82 Å². The van der Waals surface area contributed by atoms with E-state index in [2.05, 4.69) is 36.2 Å². The molecule has 0 saturated heterocycles. The summed E-state index contributed by atoms with van der Waals surface area (Å²) >= 11 is 0. The van der Waals surface area contributed by atoms with E-state index < -0.39 is 0 Å². The highest BCUT2D eigenvalue weighted by molar-refractivity contribution is 5.78. The highest BCUT2D eigenvalue weighted by Gasteiger charge is 2.23. The van der Waals surface area contributed by atoms with E-state index in [-0.39, 0.29) is 12.5 Å². The van der Waals surface area contributed by atoms with Gasteiger partial charge in [0, 0.05) is 19.5 Å². The average Bonchev–Trinajstić information content (AvgIpc) is 2.58. The Bertz CT molecular complexity index is 789. The van der Waals surface area contributed by atoms with Crippen molar-refractivity contribution in [2.24, 2.45) is 0 Å². The van der Waals surface area contributed by atoms with Crippen LogP contribution in [-0.4, -0.2) is 34.2 Å². The van der Waals surface area contributed by atoms with Crippen molar-refractivity contribution in [3.05, 3.63) is 46.6 Å². The highest BCUT2D eigenvalue weighted by atomic mass is 16.5. The Kier molecular flexibility index (Phi) is 4.88. The summed E-state index contributed by atoms with van der Waals surface area (Å²) in [5.41, 5.74) is 9.81. The lowest BCUT2D eigenvalue weighted by atomic mass is 10.0. The number of hydrogen-bond donors (Lipinski definition) is 1. The molecule has 1 amide bonds. The molecule has 0 aliphatic carbocycles. The van der Waals surface area contributed by atoms with Crippen LogP contribution >= 0.6 is 0 Å². The zero-order valence-electron chi connectivity index (χ0n) is 15.0. The fraction of sp³-hybridized carbons (Fsp3) is 0.421. The second kappa shape index (κ2) is 7.09. The first-order chi connectivity index (χ1) is 11.9. The van der Waals surface area contributed by atoms with Gasteiger partial charge in [0.05, 0.1) is 5.69 Å². The molecule has 0 radical (unpaired) electrons. The molecular formula is C19H24N4O2. The van der Waals surface area contributed by atoms with E-state index in [9.17, 15) is 4.79 Å². The fourth-order valence-corrected chi connectivity index (χ4v) is 3.03. The molecule has 2 heterocycles. The Balaban J connectivity index is 1.67. The molecule has 0 unspecified atom stereocenters. The molecule has 1 aromatic carbocycles. The number of ether oxygens (including phenoxy) is 1. The summed E-state index contributed by atoms with van der Waals surface area (Å²) in [7, 11) is 0. The summed E-state index contributed by atoms with van der Waals surface area (Å²) in [5.74, 6) is 1.48. The molecular weight excluding hydrogens is 316 g/mol. The second-order valence-electron chi connectivity index (χ2n) is 6.79. The quantitative estimate of drug-likeness (QED) is 0.924. The van der Waals surface area contributed by atoms with Crippen molar-refractivity contribution in [1.29, 1.82) is 0 Å². The number of benzene rings is 1. The van der Waals surface area contributed by atoms with Crippen LogP contribution in [0.25, 0.3) is 0 Å². The van der Waals surface area contributed by atoms with Crippen LogP contribution in [0.15, 0.2) is 24.3 Å². The lowest BCUT2D eigenvalue weighted by Gasteiger charge is -2.28. The predicted molar refractivity (Wildman–Crippen MR) is 96.3 cm³/mol.